The van der Waals surface area contributed by atoms with Crippen molar-refractivity contribution < 1.29 is 14.7 Å². The largest absolute Gasteiger partial charge is 0.480 e. The summed E-state index contributed by atoms with van der Waals surface area (Å²) in [5.41, 5.74) is 5.53. The minimum atomic E-state index is -1.06. The highest BCUT2D eigenvalue weighted by molar-refractivity contribution is 7.13. The second kappa shape index (κ2) is 4.93. The topological polar surface area (TPSA) is 105 Å². The summed E-state index contributed by atoms with van der Waals surface area (Å²) in [4.78, 5) is 26.2. The first kappa shape index (κ1) is 12.4. The lowest BCUT2D eigenvalue weighted by atomic mass is 10.0. The molecule has 1 aromatic rings. The molecule has 0 saturated heterocycles. The molecule has 88 valence electrons. The highest BCUT2D eigenvalue weighted by Gasteiger charge is 2.24. The lowest BCUT2D eigenvalue weighted by Crippen LogP contribution is -2.44. The average Bonchev–Trinajstić information content (AvgIpc) is 2.59. The number of aromatic nitrogens is 1. The van der Waals surface area contributed by atoms with Crippen molar-refractivity contribution in [3.63, 3.8) is 0 Å². The molecule has 0 saturated carbocycles. The molecular formula is C9H13N3O3S. The number of nitrogens with zero attached hydrogens (tertiary/aromatic N) is 1. The molecule has 0 spiro atoms. The number of nitrogen functional groups attached to an aromatic ring is 1. The van der Waals surface area contributed by atoms with Crippen molar-refractivity contribution in [2.75, 3.05) is 5.73 Å². The van der Waals surface area contributed by atoms with Crippen LogP contribution in [0.3, 0.4) is 0 Å². The summed E-state index contributed by atoms with van der Waals surface area (Å²) in [6, 6.07) is -0.921. The van der Waals surface area contributed by atoms with E-state index in [9.17, 15) is 9.59 Å². The van der Waals surface area contributed by atoms with E-state index < -0.39 is 17.9 Å². The molecule has 0 aliphatic heterocycles. The van der Waals surface area contributed by atoms with Crippen molar-refractivity contribution in [1.29, 1.82) is 0 Å². The van der Waals surface area contributed by atoms with Crippen molar-refractivity contribution in [2.24, 2.45) is 5.92 Å². The molecule has 1 rings (SSSR count). The average molecular weight is 243 g/mol. The molecule has 0 aromatic carbocycles. The van der Waals surface area contributed by atoms with Gasteiger partial charge in [0.25, 0.3) is 5.91 Å². The van der Waals surface area contributed by atoms with E-state index in [1.54, 1.807) is 13.8 Å². The Morgan fingerprint density at radius 1 is 1.56 bits per heavy atom. The van der Waals surface area contributed by atoms with Gasteiger partial charge in [0, 0.05) is 5.38 Å². The van der Waals surface area contributed by atoms with Crippen LogP contribution in [0.25, 0.3) is 0 Å². The van der Waals surface area contributed by atoms with Gasteiger partial charge in [-0.2, -0.15) is 0 Å². The molecular weight excluding hydrogens is 230 g/mol. The molecule has 1 atom stereocenters. The zero-order chi connectivity index (χ0) is 12.3. The van der Waals surface area contributed by atoms with Crippen LogP contribution in [0.5, 0.6) is 0 Å². The molecule has 0 aliphatic rings. The second-order valence-corrected chi connectivity index (χ2v) is 4.49. The van der Waals surface area contributed by atoms with Gasteiger partial charge < -0.3 is 16.2 Å². The predicted molar refractivity (Wildman–Crippen MR) is 60.3 cm³/mol. The number of carboxylic acids is 1. The smallest absolute Gasteiger partial charge is 0.326 e. The van der Waals surface area contributed by atoms with E-state index in [-0.39, 0.29) is 16.7 Å². The van der Waals surface area contributed by atoms with E-state index in [1.165, 1.54) is 5.38 Å². The number of hydrogen-bond donors (Lipinski definition) is 3. The van der Waals surface area contributed by atoms with Crippen molar-refractivity contribution >= 4 is 28.3 Å². The van der Waals surface area contributed by atoms with Gasteiger partial charge in [-0.15, -0.1) is 11.3 Å². The number of aliphatic carboxylic acids is 1. The monoisotopic (exact) mass is 243 g/mol. The van der Waals surface area contributed by atoms with Gasteiger partial charge in [-0.25, -0.2) is 9.78 Å². The third kappa shape index (κ3) is 2.93. The maximum absolute atomic E-state index is 11.6. The van der Waals surface area contributed by atoms with Crippen LogP contribution in [0.15, 0.2) is 5.38 Å². The number of nitrogens with one attached hydrogen (secondary N) is 1. The van der Waals surface area contributed by atoms with Gasteiger partial charge in [-0.3, -0.25) is 4.79 Å². The van der Waals surface area contributed by atoms with Crippen molar-refractivity contribution in [3.05, 3.63) is 11.1 Å². The Morgan fingerprint density at radius 3 is 2.56 bits per heavy atom. The minimum Gasteiger partial charge on any atom is -0.480 e. The first-order valence-corrected chi connectivity index (χ1v) is 5.54. The molecule has 0 radical (unpaired) electrons. The SMILES string of the molecule is CC(C)[C@@H](NC(=O)c1csc(N)n1)C(=O)O. The van der Waals surface area contributed by atoms with Gasteiger partial charge in [0.2, 0.25) is 0 Å². The molecule has 4 N–H and O–H groups in total. The number of carbonyl (C=O) groups is 2. The summed E-state index contributed by atoms with van der Waals surface area (Å²) >= 11 is 1.14. The van der Waals surface area contributed by atoms with Crippen LogP contribution in [0.1, 0.15) is 24.3 Å². The van der Waals surface area contributed by atoms with Crippen LogP contribution < -0.4 is 11.1 Å². The van der Waals surface area contributed by atoms with Crippen molar-refractivity contribution in [3.8, 4) is 0 Å². The summed E-state index contributed by atoms with van der Waals surface area (Å²) in [6.45, 7) is 3.43. The third-order valence-corrected chi connectivity index (χ3v) is 2.65. The molecule has 7 heteroatoms. The normalized spacial score (nSPS) is 12.4. The number of thiazole rings is 1. The number of hydrogen-bond acceptors (Lipinski definition) is 5. The standard InChI is InChI=1S/C9H13N3O3S/c1-4(2)6(8(14)15)12-7(13)5-3-16-9(10)11-5/h3-4,6H,1-2H3,(H2,10,11)(H,12,13)(H,14,15)/t6-/m1/s1. The molecule has 1 heterocycles. The number of nitrogens with two attached hydrogens (primary N) is 1. The van der Waals surface area contributed by atoms with Crippen LogP contribution in [-0.4, -0.2) is 28.0 Å². The molecule has 0 aliphatic carbocycles. The summed E-state index contributed by atoms with van der Waals surface area (Å²) in [6.07, 6.45) is 0. The van der Waals surface area contributed by atoms with E-state index in [0.717, 1.165) is 11.3 Å². The second-order valence-electron chi connectivity index (χ2n) is 3.60. The van der Waals surface area contributed by atoms with E-state index in [1.807, 2.05) is 0 Å². The fourth-order valence-corrected chi connectivity index (χ4v) is 1.66. The first-order valence-electron chi connectivity index (χ1n) is 4.66. The van der Waals surface area contributed by atoms with Crippen LogP contribution in [0.4, 0.5) is 5.13 Å². The van der Waals surface area contributed by atoms with Gasteiger partial charge >= 0.3 is 5.97 Å². The van der Waals surface area contributed by atoms with Gasteiger partial charge in [-0.1, -0.05) is 13.8 Å². The summed E-state index contributed by atoms with van der Waals surface area (Å²) in [5.74, 6) is -1.78. The zero-order valence-electron chi connectivity index (χ0n) is 8.93. The Morgan fingerprint density at radius 2 is 2.19 bits per heavy atom. The molecule has 0 bridgehead atoms. The Kier molecular flexibility index (Phi) is 3.83. The maximum atomic E-state index is 11.6. The number of rotatable bonds is 4. The molecule has 0 fully saturated rings. The van der Waals surface area contributed by atoms with Gasteiger partial charge in [0.05, 0.1) is 0 Å². The Hall–Kier alpha value is -1.63. The quantitative estimate of drug-likeness (QED) is 0.716. The molecule has 0 unspecified atom stereocenters. The van der Waals surface area contributed by atoms with Gasteiger partial charge in [0.1, 0.15) is 11.7 Å². The lowest BCUT2D eigenvalue weighted by Gasteiger charge is -2.16. The third-order valence-electron chi connectivity index (χ3n) is 1.97. The van der Waals surface area contributed by atoms with E-state index in [2.05, 4.69) is 10.3 Å². The number of anilines is 1. The summed E-state index contributed by atoms with van der Waals surface area (Å²) < 4.78 is 0. The molecule has 1 aromatic heterocycles. The van der Waals surface area contributed by atoms with Crippen LogP contribution in [0, 0.1) is 5.92 Å². The Balaban J connectivity index is 2.73. The van der Waals surface area contributed by atoms with Crippen molar-refractivity contribution in [1.82, 2.24) is 10.3 Å². The molecule has 16 heavy (non-hydrogen) atoms. The van der Waals surface area contributed by atoms with Gasteiger partial charge in [-0.05, 0) is 5.92 Å². The summed E-state index contributed by atoms with van der Waals surface area (Å²) in [5, 5.41) is 13.1. The van der Waals surface area contributed by atoms with Gasteiger partial charge in [0.15, 0.2) is 5.13 Å². The Labute approximate surface area is 96.5 Å². The van der Waals surface area contributed by atoms with Crippen LogP contribution >= 0.6 is 11.3 Å². The number of amides is 1. The Bertz CT molecular complexity index is 402. The number of carbonyl (C=O) groups excluding carboxylic acids is 1. The molecule has 6 nitrogen and oxygen atoms in total. The highest BCUT2D eigenvalue weighted by Crippen LogP contribution is 2.11. The molecule has 1 amide bonds. The van der Waals surface area contributed by atoms with E-state index >= 15 is 0 Å². The highest BCUT2D eigenvalue weighted by atomic mass is 32.1. The fraction of sp³-hybridized carbons (Fsp3) is 0.444. The van der Waals surface area contributed by atoms with Crippen LogP contribution in [0.2, 0.25) is 0 Å². The number of carboxylic acid groups (broad SMARTS) is 1. The maximum Gasteiger partial charge on any atom is 0.326 e. The van der Waals surface area contributed by atoms with E-state index in [4.69, 9.17) is 10.8 Å². The first-order chi connectivity index (χ1) is 7.41. The fourth-order valence-electron chi connectivity index (χ4n) is 1.12. The van der Waals surface area contributed by atoms with Crippen molar-refractivity contribution in [2.45, 2.75) is 19.9 Å². The van der Waals surface area contributed by atoms with Crippen LogP contribution in [-0.2, 0) is 4.79 Å². The lowest BCUT2D eigenvalue weighted by molar-refractivity contribution is -0.140. The van der Waals surface area contributed by atoms with E-state index in [0.29, 0.717) is 0 Å². The zero-order valence-corrected chi connectivity index (χ0v) is 9.75. The minimum absolute atomic E-state index is 0.148. The predicted octanol–water partition coefficient (Wildman–Crippen LogP) is 0.564. The summed E-state index contributed by atoms with van der Waals surface area (Å²) in [7, 11) is 0.